The fraction of sp³-hybridized carbons (Fsp3) is 0.429. The fourth-order valence-electron chi connectivity index (χ4n) is 3.56. The number of nitriles is 1. The van der Waals surface area contributed by atoms with E-state index in [1.165, 1.54) is 12.1 Å². The lowest BCUT2D eigenvalue weighted by atomic mass is 10.0. The third-order valence-electron chi connectivity index (χ3n) is 5.02. The van der Waals surface area contributed by atoms with Crippen molar-refractivity contribution in [3.05, 3.63) is 59.5 Å². The summed E-state index contributed by atoms with van der Waals surface area (Å²) in [6, 6.07) is 13.1. The maximum absolute atomic E-state index is 13.2. The molecule has 2 aromatic rings. The molecule has 0 spiro atoms. The summed E-state index contributed by atoms with van der Waals surface area (Å²) in [7, 11) is 0. The topological polar surface area (TPSA) is 43.2 Å². The molecule has 0 N–H and O–H groups in total. The van der Waals surface area contributed by atoms with Crippen LogP contribution in [0, 0.1) is 23.1 Å². The van der Waals surface area contributed by atoms with Gasteiger partial charge in [-0.05, 0) is 42.2 Å². The van der Waals surface area contributed by atoms with Gasteiger partial charge in [0, 0.05) is 38.4 Å². The Kier molecular flexibility index (Phi) is 5.85. The van der Waals surface area contributed by atoms with Gasteiger partial charge in [-0.2, -0.15) is 5.26 Å². The Labute approximate surface area is 154 Å². The molecule has 1 aromatic carbocycles. The predicted octanol–water partition coefficient (Wildman–Crippen LogP) is 3.83. The predicted molar refractivity (Wildman–Crippen MR) is 101 cm³/mol. The van der Waals surface area contributed by atoms with E-state index in [9.17, 15) is 4.39 Å². The van der Waals surface area contributed by atoms with Crippen molar-refractivity contribution >= 4 is 5.82 Å². The monoisotopic (exact) mass is 352 g/mol. The fourth-order valence-corrected chi connectivity index (χ4v) is 3.56. The smallest absolute Gasteiger partial charge is 0.128 e. The lowest BCUT2D eigenvalue weighted by molar-refractivity contribution is 0.161. The largest absolute Gasteiger partial charge is 0.355 e. The third-order valence-corrected chi connectivity index (χ3v) is 5.02. The summed E-state index contributed by atoms with van der Waals surface area (Å²) >= 11 is 0. The van der Waals surface area contributed by atoms with E-state index < -0.39 is 0 Å². The van der Waals surface area contributed by atoms with Gasteiger partial charge in [0.15, 0.2) is 0 Å². The summed E-state index contributed by atoms with van der Waals surface area (Å²) < 4.78 is 13.2. The molecule has 5 heteroatoms. The van der Waals surface area contributed by atoms with Gasteiger partial charge >= 0.3 is 0 Å². The summed E-state index contributed by atoms with van der Waals surface area (Å²) in [5.41, 5.74) is 1.73. The number of benzene rings is 1. The van der Waals surface area contributed by atoms with E-state index in [0.29, 0.717) is 17.5 Å². The Hall–Kier alpha value is -2.45. The van der Waals surface area contributed by atoms with Crippen LogP contribution in [0.5, 0.6) is 0 Å². The van der Waals surface area contributed by atoms with Crippen molar-refractivity contribution in [1.29, 1.82) is 5.26 Å². The quantitative estimate of drug-likeness (QED) is 0.839. The van der Waals surface area contributed by atoms with E-state index in [2.05, 4.69) is 34.7 Å². The molecule has 0 amide bonds. The maximum Gasteiger partial charge on any atom is 0.128 e. The number of rotatable bonds is 4. The second kappa shape index (κ2) is 8.29. The second-order valence-corrected chi connectivity index (χ2v) is 7.22. The highest BCUT2D eigenvalue weighted by Crippen LogP contribution is 2.23. The van der Waals surface area contributed by atoms with Crippen LogP contribution in [0.4, 0.5) is 10.2 Å². The molecule has 0 bridgehead atoms. The van der Waals surface area contributed by atoms with Crippen LogP contribution in [-0.4, -0.2) is 35.6 Å². The first-order valence-corrected chi connectivity index (χ1v) is 9.16. The van der Waals surface area contributed by atoms with E-state index in [0.717, 1.165) is 44.0 Å². The molecule has 1 aliphatic rings. The Morgan fingerprint density at radius 3 is 2.58 bits per heavy atom. The Morgan fingerprint density at radius 1 is 1.19 bits per heavy atom. The van der Waals surface area contributed by atoms with E-state index >= 15 is 0 Å². The first kappa shape index (κ1) is 18.3. The molecule has 136 valence electrons. The average molecular weight is 352 g/mol. The van der Waals surface area contributed by atoms with Crippen LogP contribution in [0.2, 0.25) is 0 Å². The van der Waals surface area contributed by atoms with Crippen molar-refractivity contribution < 1.29 is 4.39 Å². The maximum atomic E-state index is 13.2. The molecular weight excluding hydrogens is 327 g/mol. The van der Waals surface area contributed by atoms with E-state index in [1.54, 1.807) is 6.20 Å². The minimum absolute atomic E-state index is 0.192. The normalized spacial score (nSPS) is 18.6. The zero-order valence-electron chi connectivity index (χ0n) is 15.4. The second-order valence-electron chi connectivity index (χ2n) is 7.22. The van der Waals surface area contributed by atoms with Gasteiger partial charge in [-0.15, -0.1) is 0 Å². The van der Waals surface area contributed by atoms with Gasteiger partial charge in [0.05, 0.1) is 5.56 Å². The number of halogens is 1. The van der Waals surface area contributed by atoms with Gasteiger partial charge in [-0.1, -0.05) is 26.0 Å². The van der Waals surface area contributed by atoms with Crippen LogP contribution < -0.4 is 4.90 Å². The summed E-state index contributed by atoms with van der Waals surface area (Å²) in [6.07, 6.45) is 2.69. The lowest BCUT2D eigenvalue weighted by Crippen LogP contribution is -2.44. The molecule has 26 heavy (non-hydrogen) atoms. The van der Waals surface area contributed by atoms with Gasteiger partial charge in [0.2, 0.25) is 0 Å². The van der Waals surface area contributed by atoms with E-state index in [-0.39, 0.29) is 5.82 Å². The molecule has 0 radical (unpaired) electrons. The molecule has 1 aliphatic heterocycles. The number of anilines is 1. The lowest BCUT2D eigenvalue weighted by Gasteiger charge is -2.35. The van der Waals surface area contributed by atoms with Gasteiger partial charge in [-0.25, -0.2) is 9.37 Å². The molecule has 0 aliphatic carbocycles. The van der Waals surface area contributed by atoms with Crippen molar-refractivity contribution in [2.45, 2.75) is 32.9 Å². The van der Waals surface area contributed by atoms with Crippen LogP contribution in [0.3, 0.4) is 0 Å². The highest BCUT2D eigenvalue weighted by Gasteiger charge is 2.28. The Bertz CT molecular complexity index is 749. The minimum Gasteiger partial charge on any atom is -0.355 e. The minimum atomic E-state index is -0.192. The van der Waals surface area contributed by atoms with Crippen LogP contribution in [-0.2, 0) is 6.54 Å². The zero-order valence-corrected chi connectivity index (χ0v) is 15.4. The molecule has 2 heterocycles. The molecule has 4 nitrogen and oxygen atoms in total. The van der Waals surface area contributed by atoms with Crippen molar-refractivity contribution in [3.8, 4) is 6.07 Å². The zero-order chi connectivity index (χ0) is 18.5. The van der Waals surface area contributed by atoms with Crippen molar-refractivity contribution in [2.24, 2.45) is 5.92 Å². The van der Waals surface area contributed by atoms with Crippen molar-refractivity contribution in [1.82, 2.24) is 9.88 Å². The van der Waals surface area contributed by atoms with Crippen LogP contribution in [0.15, 0.2) is 42.6 Å². The summed E-state index contributed by atoms with van der Waals surface area (Å²) in [6.45, 7) is 8.18. The third kappa shape index (κ3) is 4.39. The summed E-state index contributed by atoms with van der Waals surface area (Å²) in [5.74, 6) is 1.23. The molecule has 1 aromatic heterocycles. The van der Waals surface area contributed by atoms with Crippen molar-refractivity contribution in [3.63, 3.8) is 0 Å². The van der Waals surface area contributed by atoms with E-state index in [1.807, 2.05) is 24.3 Å². The molecular formula is C21H25FN4. The summed E-state index contributed by atoms with van der Waals surface area (Å²) in [5, 5.41) is 8.96. The number of aromatic nitrogens is 1. The van der Waals surface area contributed by atoms with E-state index in [4.69, 9.17) is 5.26 Å². The molecule has 1 atom stereocenters. The highest BCUT2D eigenvalue weighted by atomic mass is 19.1. The Balaban J connectivity index is 1.76. The average Bonchev–Trinajstić information content (AvgIpc) is 2.86. The summed E-state index contributed by atoms with van der Waals surface area (Å²) in [4.78, 5) is 9.29. The van der Waals surface area contributed by atoms with Crippen molar-refractivity contribution in [2.75, 3.05) is 24.5 Å². The molecule has 1 fully saturated rings. The molecule has 3 rings (SSSR count). The van der Waals surface area contributed by atoms with Gasteiger partial charge in [-0.3, -0.25) is 4.90 Å². The Morgan fingerprint density at radius 2 is 1.96 bits per heavy atom. The number of pyridine rings is 1. The van der Waals surface area contributed by atoms with Gasteiger partial charge in [0.25, 0.3) is 0 Å². The van der Waals surface area contributed by atoms with Gasteiger partial charge in [0.1, 0.15) is 17.7 Å². The SMILES string of the molecule is CC(C)[C@@H]1CN(c2ccc(C#N)cn2)CCCN1Cc1ccc(F)cc1. The highest BCUT2D eigenvalue weighted by molar-refractivity contribution is 5.42. The number of hydrogen-bond donors (Lipinski definition) is 0. The number of hydrogen-bond acceptors (Lipinski definition) is 4. The first-order valence-electron chi connectivity index (χ1n) is 9.16. The number of nitrogens with zero attached hydrogens (tertiary/aromatic N) is 4. The standard InChI is InChI=1S/C21H25FN4/c1-16(2)20-15-26(21-9-6-18(12-23)13-24-21)11-3-10-25(20)14-17-4-7-19(22)8-5-17/h4-9,13,16,20H,3,10-11,14-15H2,1-2H3/t20-/m0/s1. The molecule has 0 saturated carbocycles. The van der Waals surface area contributed by atoms with Crippen LogP contribution in [0.1, 0.15) is 31.4 Å². The first-order chi connectivity index (χ1) is 12.6. The van der Waals surface area contributed by atoms with Crippen LogP contribution in [0.25, 0.3) is 0 Å². The molecule has 0 unspecified atom stereocenters. The van der Waals surface area contributed by atoms with Crippen LogP contribution >= 0.6 is 0 Å². The molecule has 1 saturated heterocycles. The van der Waals surface area contributed by atoms with Gasteiger partial charge < -0.3 is 4.90 Å².